The average molecular weight is 301 g/mol. The van der Waals surface area contributed by atoms with Gasteiger partial charge in [0.15, 0.2) is 0 Å². The first kappa shape index (κ1) is 14.9. The lowest BCUT2D eigenvalue weighted by molar-refractivity contribution is 0.135. The topological polar surface area (TPSA) is 50.4 Å². The maximum absolute atomic E-state index is 5.89. The minimum atomic E-state index is 0.634. The molecule has 22 heavy (non-hydrogen) atoms. The molecule has 0 amide bonds. The number of benzene rings is 1. The van der Waals surface area contributed by atoms with Gasteiger partial charge in [-0.25, -0.2) is 4.98 Å². The molecule has 1 aromatic carbocycles. The van der Waals surface area contributed by atoms with Crippen molar-refractivity contribution in [3.05, 3.63) is 42.5 Å². The van der Waals surface area contributed by atoms with Crippen LogP contribution in [0, 0.1) is 5.92 Å². The van der Waals surface area contributed by atoms with E-state index in [1.165, 1.54) is 12.8 Å². The van der Waals surface area contributed by atoms with Crippen LogP contribution in [0.2, 0.25) is 0 Å². The zero-order chi connectivity index (χ0) is 15.2. The highest BCUT2D eigenvalue weighted by Gasteiger charge is 2.20. The fraction of sp³-hybridized carbons (Fsp3) is 0.471. The molecule has 0 saturated carbocycles. The molecule has 0 bridgehead atoms. The van der Waals surface area contributed by atoms with Gasteiger partial charge in [-0.15, -0.1) is 0 Å². The second-order valence-corrected chi connectivity index (χ2v) is 5.74. The molecule has 5 nitrogen and oxygen atoms in total. The van der Waals surface area contributed by atoms with Gasteiger partial charge in [-0.1, -0.05) is 0 Å². The number of likely N-dealkylation sites (tertiary alicyclic amines) is 1. The Kier molecular flexibility index (Phi) is 4.96. The minimum absolute atomic E-state index is 0.634. The number of methoxy groups -OCH3 is 1. The number of aromatic nitrogens is 2. The summed E-state index contributed by atoms with van der Waals surface area (Å²) in [5.41, 5.74) is 0. The lowest BCUT2D eigenvalue weighted by atomic mass is 9.98. The Hall–Kier alpha value is -2.01. The third-order valence-electron chi connectivity index (χ3n) is 4.18. The predicted molar refractivity (Wildman–Crippen MR) is 85.1 cm³/mol. The maximum atomic E-state index is 5.89. The van der Waals surface area contributed by atoms with Gasteiger partial charge in [0.1, 0.15) is 17.3 Å². The van der Waals surface area contributed by atoms with Crippen molar-refractivity contribution in [3.8, 4) is 11.5 Å². The van der Waals surface area contributed by atoms with E-state index in [1.807, 2.05) is 36.7 Å². The summed E-state index contributed by atoms with van der Waals surface area (Å²) in [7, 11) is 1.67. The maximum Gasteiger partial charge on any atom is 0.120 e. The highest BCUT2D eigenvalue weighted by molar-refractivity contribution is 5.31. The van der Waals surface area contributed by atoms with Gasteiger partial charge in [-0.3, -0.25) is 4.90 Å². The minimum Gasteiger partial charge on any atom is -0.497 e. The summed E-state index contributed by atoms with van der Waals surface area (Å²) < 4.78 is 11.0. The molecule has 1 aliphatic rings. The van der Waals surface area contributed by atoms with E-state index in [0.717, 1.165) is 43.6 Å². The number of nitrogens with zero attached hydrogens (tertiary/aromatic N) is 2. The molecule has 0 aliphatic carbocycles. The van der Waals surface area contributed by atoms with Crippen LogP contribution >= 0.6 is 0 Å². The number of nitrogens with one attached hydrogen (secondary N) is 1. The first-order valence-corrected chi connectivity index (χ1v) is 7.81. The first-order chi connectivity index (χ1) is 10.8. The lowest BCUT2D eigenvalue weighted by Gasteiger charge is -2.31. The van der Waals surface area contributed by atoms with E-state index in [1.54, 1.807) is 7.11 Å². The van der Waals surface area contributed by atoms with E-state index >= 15 is 0 Å². The normalized spacial score (nSPS) is 16.6. The molecule has 0 unspecified atom stereocenters. The Morgan fingerprint density at radius 2 is 1.91 bits per heavy atom. The molecule has 0 spiro atoms. The third kappa shape index (κ3) is 4.01. The smallest absolute Gasteiger partial charge is 0.120 e. The van der Waals surface area contributed by atoms with Crippen LogP contribution in [0.25, 0.3) is 0 Å². The van der Waals surface area contributed by atoms with Crippen molar-refractivity contribution in [1.82, 2.24) is 14.9 Å². The first-order valence-electron chi connectivity index (χ1n) is 7.81. The number of piperidine rings is 1. The van der Waals surface area contributed by atoms with E-state index in [0.29, 0.717) is 5.92 Å². The standard InChI is InChI=1S/C17H23N3O2/c1-21-15-2-4-16(5-3-15)22-13-14-6-10-20(11-7-14)12-17-18-8-9-19-17/h2-5,8-9,14H,6-7,10-13H2,1H3,(H,18,19). The van der Waals surface area contributed by atoms with Crippen LogP contribution in [0.15, 0.2) is 36.7 Å². The molecular formula is C17H23N3O2. The highest BCUT2D eigenvalue weighted by atomic mass is 16.5. The molecule has 1 aliphatic heterocycles. The van der Waals surface area contributed by atoms with Gasteiger partial charge in [0.2, 0.25) is 0 Å². The zero-order valence-corrected chi connectivity index (χ0v) is 13.0. The Labute approximate surface area is 131 Å². The second-order valence-electron chi connectivity index (χ2n) is 5.74. The van der Waals surface area contributed by atoms with Gasteiger partial charge in [-0.05, 0) is 56.1 Å². The molecule has 0 radical (unpaired) electrons. The molecule has 2 aromatic rings. The van der Waals surface area contributed by atoms with Crippen LogP contribution in [0.1, 0.15) is 18.7 Å². The number of imidazole rings is 1. The number of ether oxygens (including phenoxy) is 2. The van der Waals surface area contributed by atoms with Crippen LogP contribution in [0.3, 0.4) is 0 Å². The van der Waals surface area contributed by atoms with E-state index in [4.69, 9.17) is 9.47 Å². The van der Waals surface area contributed by atoms with E-state index < -0.39 is 0 Å². The molecular weight excluding hydrogens is 278 g/mol. The summed E-state index contributed by atoms with van der Waals surface area (Å²) >= 11 is 0. The molecule has 118 valence electrons. The van der Waals surface area contributed by atoms with Crippen molar-refractivity contribution < 1.29 is 9.47 Å². The summed E-state index contributed by atoms with van der Waals surface area (Å²) in [5, 5.41) is 0. The van der Waals surface area contributed by atoms with Crippen molar-refractivity contribution in [2.45, 2.75) is 19.4 Å². The summed E-state index contributed by atoms with van der Waals surface area (Å²) in [6.45, 7) is 3.93. The van der Waals surface area contributed by atoms with Crippen LogP contribution in [0.4, 0.5) is 0 Å². The van der Waals surface area contributed by atoms with Gasteiger partial charge in [0.25, 0.3) is 0 Å². The van der Waals surface area contributed by atoms with Crippen molar-refractivity contribution >= 4 is 0 Å². The van der Waals surface area contributed by atoms with E-state index in [-0.39, 0.29) is 0 Å². The molecule has 2 heterocycles. The van der Waals surface area contributed by atoms with Crippen molar-refractivity contribution in [1.29, 1.82) is 0 Å². The zero-order valence-electron chi connectivity index (χ0n) is 13.0. The van der Waals surface area contributed by atoms with Crippen LogP contribution < -0.4 is 9.47 Å². The van der Waals surface area contributed by atoms with Crippen LogP contribution in [-0.2, 0) is 6.54 Å². The molecule has 1 saturated heterocycles. The number of H-pyrrole nitrogens is 1. The average Bonchev–Trinajstić information content (AvgIpc) is 3.08. The molecule has 0 atom stereocenters. The summed E-state index contributed by atoms with van der Waals surface area (Å²) in [5.74, 6) is 3.46. The van der Waals surface area contributed by atoms with Crippen LogP contribution in [-0.4, -0.2) is 41.7 Å². The highest BCUT2D eigenvalue weighted by Crippen LogP contribution is 2.21. The molecule has 1 fully saturated rings. The van der Waals surface area contributed by atoms with Gasteiger partial charge >= 0.3 is 0 Å². The Morgan fingerprint density at radius 1 is 1.18 bits per heavy atom. The van der Waals surface area contributed by atoms with E-state index in [2.05, 4.69) is 14.9 Å². The Bertz CT molecular complexity index is 546. The third-order valence-corrected chi connectivity index (χ3v) is 4.18. The Morgan fingerprint density at radius 3 is 2.55 bits per heavy atom. The molecule has 1 aromatic heterocycles. The van der Waals surface area contributed by atoms with Crippen molar-refractivity contribution in [2.75, 3.05) is 26.8 Å². The van der Waals surface area contributed by atoms with Gasteiger partial charge in [0, 0.05) is 12.4 Å². The SMILES string of the molecule is COc1ccc(OCC2CCN(Cc3ncc[nH]3)CC2)cc1. The second kappa shape index (κ2) is 7.31. The van der Waals surface area contributed by atoms with Gasteiger partial charge < -0.3 is 14.5 Å². The van der Waals surface area contributed by atoms with Crippen molar-refractivity contribution in [2.24, 2.45) is 5.92 Å². The summed E-state index contributed by atoms with van der Waals surface area (Å²) in [6, 6.07) is 7.79. The fourth-order valence-electron chi connectivity index (χ4n) is 2.79. The van der Waals surface area contributed by atoms with Crippen LogP contribution in [0.5, 0.6) is 11.5 Å². The van der Waals surface area contributed by atoms with E-state index in [9.17, 15) is 0 Å². The van der Waals surface area contributed by atoms with Gasteiger partial charge in [0.05, 0.1) is 20.3 Å². The molecule has 5 heteroatoms. The summed E-state index contributed by atoms with van der Waals surface area (Å²) in [6.07, 6.45) is 6.04. The largest absolute Gasteiger partial charge is 0.497 e. The number of hydrogen-bond acceptors (Lipinski definition) is 4. The number of aromatic amines is 1. The van der Waals surface area contributed by atoms with Gasteiger partial charge in [-0.2, -0.15) is 0 Å². The predicted octanol–water partition coefficient (Wildman–Crippen LogP) is 2.71. The molecule has 3 rings (SSSR count). The summed E-state index contributed by atoms with van der Waals surface area (Å²) in [4.78, 5) is 9.90. The lowest BCUT2D eigenvalue weighted by Crippen LogP contribution is -2.35. The quantitative estimate of drug-likeness (QED) is 0.891. The monoisotopic (exact) mass is 301 g/mol. The Balaban J connectivity index is 1.40. The number of hydrogen-bond donors (Lipinski definition) is 1. The van der Waals surface area contributed by atoms with Crippen molar-refractivity contribution in [3.63, 3.8) is 0 Å². The number of rotatable bonds is 6. The molecule has 1 N–H and O–H groups in total. The fourth-order valence-corrected chi connectivity index (χ4v) is 2.79.